The van der Waals surface area contributed by atoms with E-state index >= 15 is 0 Å². The number of benzene rings is 2. The van der Waals surface area contributed by atoms with Gasteiger partial charge in [0.15, 0.2) is 11.6 Å². The third-order valence-corrected chi connectivity index (χ3v) is 4.48. The van der Waals surface area contributed by atoms with Gasteiger partial charge in [0.05, 0.1) is 23.9 Å². The van der Waals surface area contributed by atoms with Gasteiger partial charge >= 0.3 is 12.0 Å². The maximum Gasteiger partial charge on any atom is 0.338 e. The molecule has 1 N–H and O–H groups in total. The first kappa shape index (κ1) is 20.3. The molecule has 0 bridgehead atoms. The lowest BCUT2D eigenvalue weighted by atomic mass is 9.94. The lowest BCUT2D eigenvalue weighted by Gasteiger charge is -2.34. The normalized spacial score (nSPS) is 16.5. The molecule has 2 aromatic carbocycles. The quantitative estimate of drug-likeness (QED) is 0.751. The fourth-order valence-corrected chi connectivity index (χ4v) is 2.99. The Morgan fingerprint density at radius 1 is 1.14 bits per heavy atom. The van der Waals surface area contributed by atoms with Crippen LogP contribution in [-0.2, 0) is 9.53 Å². The summed E-state index contributed by atoms with van der Waals surface area (Å²) in [4.78, 5) is 26.4. The molecule has 1 heterocycles. The van der Waals surface area contributed by atoms with Crippen molar-refractivity contribution in [2.24, 2.45) is 0 Å². The van der Waals surface area contributed by atoms with E-state index in [2.05, 4.69) is 5.32 Å². The highest BCUT2D eigenvalue weighted by Gasteiger charge is 2.37. The highest BCUT2D eigenvalue weighted by Crippen LogP contribution is 2.31. The van der Waals surface area contributed by atoms with Gasteiger partial charge in [0, 0.05) is 7.05 Å². The van der Waals surface area contributed by atoms with Gasteiger partial charge in [-0.25, -0.2) is 18.4 Å². The molecular formula is C21H20F2N2O4. The summed E-state index contributed by atoms with van der Waals surface area (Å²) in [5.41, 5.74) is 0.862. The Morgan fingerprint density at radius 2 is 1.83 bits per heavy atom. The molecule has 0 saturated carbocycles. The van der Waals surface area contributed by atoms with Crippen LogP contribution in [0.4, 0.5) is 13.6 Å². The van der Waals surface area contributed by atoms with E-state index in [1.54, 1.807) is 13.0 Å². The molecule has 0 aromatic heterocycles. The lowest BCUT2D eigenvalue weighted by molar-refractivity contribution is -0.139. The first-order valence-electron chi connectivity index (χ1n) is 8.99. The molecule has 2 amide bonds. The fourth-order valence-electron chi connectivity index (χ4n) is 2.99. The number of rotatable bonds is 6. The Kier molecular flexibility index (Phi) is 6.11. The van der Waals surface area contributed by atoms with Crippen LogP contribution in [0.15, 0.2) is 59.8 Å². The summed E-state index contributed by atoms with van der Waals surface area (Å²) >= 11 is 0. The maximum atomic E-state index is 13.9. The van der Waals surface area contributed by atoms with Crippen molar-refractivity contribution < 1.29 is 27.8 Å². The largest absolute Gasteiger partial charge is 0.484 e. The number of ether oxygens (including phenoxy) is 2. The SMILES string of the molecule is CCOC(=O)C1=C(COc2ccccc2F)N(C)C(=O)NC1c1ccc(F)cc1. The minimum absolute atomic E-state index is 0.0130. The minimum atomic E-state index is -0.863. The number of hydrogen-bond donors (Lipinski definition) is 1. The highest BCUT2D eigenvalue weighted by molar-refractivity contribution is 5.95. The molecule has 1 aliphatic heterocycles. The van der Waals surface area contributed by atoms with E-state index in [-0.39, 0.29) is 30.2 Å². The van der Waals surface area contributed by atoms with Crippen molar-refractivity contribution in [1.82, 2.24) is 10.2 Å². The minimum Gasteiger partial charge on any atom is -0.484 e. The molecule has 1 unspecified atom stereocenters. The van der Waals surface area contributed by atoms with Gasteiger partial charge in [-0.1, -0.05) is 24.3 Å². The molecule has 152 valence electrons. The van der Waals surface area contributed by atoms with Crippen molar-refractivity contribution in [2.75, 3.05) is 20.3 Å². The predicted octanol–water partition coefficient (Wildman–Crippen LogP) is 3.56. The van der Waals surface area contributed by atoms with Gasteiger partial charge in [-0.05, 0) is 36.8 Å². The van der Waals surface area contributed by atoms with Crippen molar-refractivity contribution in [2.45, 2.75) is 13.0 Å². The third-order valence-electron chi connectivity index (χ3n) is 4.48. The summed E-state index contributed by atoms with van der Waals surface area (Å²) in [6.07, 6.45) is 0. The summed E-state index contributed by atoms with van der Waals surface area (Å²) in [5, 5.41) is 2.71. The number of halogens is 2. The van der Waals surface area contributed by atoms with Crippen LogP contribution in [0.3, 0.4) is 0 Å². The Hall–Kier alpha value is -3.42. The molecule has 0 aliphatic carbocycles. The monoisotopic (exact) mass is 402 g/mol. The molecule has 6 nitrogen and oxygen atoms in total. The van der Waals surface area contributed by atoms with Crippen LogP contribution in [0.2, 0.25) is 0 Å². The molecular weight excluding hydrogens is 382 g/mol. The Bertz CT molecular complexity index is 944. The van der Waals surface area contributed by atoms with E-state index in [4.69, 9.17) is 9.47 Å². The van der Waals surface area contributed by atoms with E-state index in [1.807, 2.05) is 0 Å². The first-order chi connectivity index (χ1) is 13.9. The molecule has 1 atom stereocenters. The highest BCUT2D eigenvalue weighted by atomic mass is 19.1. The number of esters is 1. The van der Waals surface area contributed by atoms with E-state index < -0.39 is 29.7 Å². The van der Waals surface area contributed by atoms with Crippen LogP contribution in [0.25, 0.3) is 0 Å². The fraction of sp³-hybridized carbons (Fsp3) is 0.238. The molecule has 29 heavy (non-hydrogen) atoms. The van der Waals surface area contributed by atoms with E-state index in [0.717, 1.165) is 0 Å². The number of nitrogens with zero attached hydrogens (tertiary/aromatic N) is 1. The molecule has 0 spiro atoms. The van der Waals surface area contributed by atoms with Crippen molar-refractivity contribution in [3.05, 3.63) is 77.0 Å². The Morgan fingerprint density at radius 3 is 2.48 bits per heavy atom. The van der Waals surface area contributed by atoms with E-state index in [9.17, 15) is 18.4 Å². The van der Waals surface area contributed by atoms with E-state index in [0.29, 0.717) is 5.56 Å². The van der Waals surface area contributed by atoms with Gasteiger partial charge < -0.3 is 14.8 Å². The summed E-state index contributed by atoms with van der Waals surface area (Å²) < 4.78 is 38.0. The number of carbonyl (C=O) groups excluding carboxylic acids is 2. The molecule has 3 rings (SSSR count). The zero-order chi connectivity index (χ0) is 21.0. The standard InChI is InChI=1S/C21H20F2N2O4/c1-3-28-20(26)18-16(12-29-17-7-5-4-6-15(17)23)25(2)21(27)24-19(18)13-8-10-14(22)11-9-13/h4-11,19H,3,12H2,1-2H3,(H,24,27). The smallest absolute Gasteiger partial charge is 0.338 e. The number of para-hydroxylation sites is 1. The average molecular weight is 402 g/mol. The van der Waals surface area contributed by atoms with Gasteiger partial charge in [-0.3, -0.25) is 4.90 Å². The number of amides is 2. The number of carbonyl (C=O) groups is 2. The number of likely N-dealkylation sites (N-methyl/N-ethyl adjacent to an activating group) is 1. The second-order valence-corrected chi connectivity index (χ2v) is 6.29. The van der Waals surface area contributed by atoms with Crippen LogP contribution in [0, 0.1) is 11.6 Å². The number of urea groups is 1. The molecule has 1 aliphatic rings. The topological polar surface area (TPSA) is 67.9 Å². The maximum absolute atomic E-state index is 13.9. The van der Waals surface area contributed by atoms with Crippen LogP contribution < -0.4 is 10.1 Å². The lowest BCUT2D eigenvalue weighted by Crippen LogP contribution is -2.48. The van der Waals surface area contributed by atoms with Gasteiger partial charge in [-0.2, -0.15) is 0 Å². The molecule has 0 saturated heterocycles. The van der Waals surface area contributed by atoms with Gasteiger partial charge in [-0.15, -0.1) is 0 Å². The first-order valence-corrected chi connectivity index (χ1v) is 8.99. The predicted molar refractivity (Wildman–Crippen MR) is 101 cm³/mol. The Labute approximate surface area is 166 Å². The van der Waals surface area contributed by atoms with Crippen LogP contribution >= 0.6 is 0 Å². The van der Waals surface area contributed by atoms with Crippen molar-refractivity contribution in [3.63, 3.8) is 0 Å². The number of nitrogens with one attached hydrogen (secondary N) is 1. The average Bonchev–Trinajstić information content (AvgIpc) is 2.70. The van der Waals surface area contributed by atoms with Gasteiger partial charge in [0.25, 0.3) is 0 Å². The van der Waals surface area contributed by atoms with Crippen LogP contribution in [0.1, 0.15) is 18.5 Å². The molecule has 0 radical (unpaired) electrons. The summed E-state index contributed by atoms with van der Waals surface area (Å²) in [7, 11) is 1.47. The Balaban J connectivity index is 2.04. The second-order valence-electron chi connectivity index (χ2n) is 6.29. The van der Waals surface area contributed by atoms with Crippen molar-refractivity contribution in [1.29, 1.82) is 0 Å². The second kappa shape index (κ2) is 8.72. The van der Waals surface area contributed by atoms with Crippen molar-refractivity contribution in [3.8, 4) is 5.75 Å². The van der Waals surface area contributed by atoms with Crippen LogP contribution in [0.5, 0.6) is 5.75 Å². The number of hydrogen-bond acceptors (Lipinski definition) is 4. The molecule has 0 fully saturated rings. The zero-order valence-electron chi connectivity index (χ0n) is 15.9. The van der Waals surface area contributed by atoms with E-state index in [1.165, 1.54) is 54.4 Å². The van der Waals surface area contributed by atoms with Crippen molar-refractivity contribution >= 4 is 12.0 Å². The van der Waals surface area contributed by atoms with Gasteiger partial charge in [0.2, 0.25) is 0 Å². The molecule has 8 heteroatoms. The van der Waals surface area contributed by atoms with Crippen LogP contribution in [-0.4, -0.2) is 37.2 Å². The third kappa shape index (κ3) is 4.37. The summed E-state index contributed by atoms with van der Waals surface area (Å²) in [6.45, 7) is 1.54. The molecule has 2 aromatic rings. The zero-order valence-corrected chi connectivity index (χ0v) is 15.9. The van der Waals surface area contributed by atoms with Gasteiger partial charge in [0.1, 0.15) is 12.4 Å². The summed E-state index contributed by atoms with van der Waals surface area (Å²) in [5.74, 6) is -1.68. The summed E-state index contributed by atoms with van der Waals surface area (Å²) in [6, 6.07) is 9.89.